The molecule has 1 aromatic rings. The largest absolute Gasteiger partial charge is 0.506 e. The smallest absolute Gasteiger partial charge is 0.450 e. The van der Waals surface area contributed by atoms with Crippen molar-refractivity contribution in [2.75, 3.05) is 18.4 Å². The van der Waals surface area contributed by atoms with Gasteiger partial charge >= 0.3 is 6.16 Å². The summed E-state index contributed by atoms with van der Waals surface area (Å²) in [4.78, 5) is 71.6. The Morgan fingerprint density at radius 2 is 1.68 bits per heavy atom. The van der Waals surface area contributed by atoms with Crippen LogP contribution < -0.4 is 16.0 Å². The Bertz CT molecular complexity index is 949. The van der Waals surface area contributed by atoms with Gasteiger partial charge in [-0.2, -0.15) is 0 Å². The van der Waals surface area contributed by atoms with Crippen molar-refractivity contribution >= 4 is 41.9 Å². The number of nitrogens with one attached hydrogen (secondary N) is 3. The van der Waals surface area contributed by atoms with Crippen molar-refractivity contribution in [3.63, 3.8) is 0 Å². The number of hydrogen-bond acceptors (Lipinski definition) is 7. The highest BCUT2D eigenvalue weighted by Gasteiger charge is 2.24. The third-order valence-electron chi connectivity index (χ3n) is 5.50. The fourth-order valence-corrected chi connectivity index (χ4v) is 3.43. The number of rotatable bonds is 17. The van der Waals surface area contributed by atoms with Crippen molar-refractivity contribution in [2.45, 2.75) is 71.9 Å². The predicted molar refractivity (Wildman–Crippen MR) is 139 cm³/mol. The molecule has 1 aromatic carbocycles. The van der Waals surface area contributed by atoms with Crippen molar-refractivity contribution in [3.05, 3.63) is 29.8 Å². The topological polar surface area (TPSA) is 171 Å². The van der Waals surface area contributed by atoms with Gasteiger partial charge in [-0.25, -0.2) is 4.79 Å². The summed E-state index contributed by atoms with van der Waals surface area (Å²) in [6, 6.07) is 5.55. The monoisotopic (exact) mass is 534 g/mol. The number of ether oxygens (including phenoxy) is 1. The zero-order chi connectivity index (χ0) is 28.5. The molecule has 0 heterocycles. The highest BCUT2D eigenvalue weighted by molar-refractivity contribution is 5.96. The second kappa shape index (κ2) is 17.5. The van der Waals surface area contributed by atoms with Gasteiger partial charge in [-0.15, -0.1) is 0 Å². The third kappa shape index (κ3) is 12.8. The van der Waals surface area contributed by atoms with Crippen LogP contribution in [-0.4, -0.2) is 65.3 Å². The van der Waals surface area contributed by atoms with Gasteiger partial charge in [-0.05, 0) is 42.9 Å². The lowest BCUT2D eigenvalue weighted by Crippen LogP contribution is -2.51. The van der Waals surface area contributed by atoms with E-state index in [0.717, 1.165) is 4.90 Å². The Balaban J connectivity index is 2.41. The summed E-state index contributed by atoms with van der Waals surface area (Å²) >= 11 is 0. The van der Waals surface area contributed by atoms with E-state index in [1.54, 1.807) is 38.1 Å². The number of carbonyl (C=O) groups excluding carboxylic acids is 5. The van der Waals surface area contributed by atoms with Crippen LogP contribution in [0.3, 0.4) is 0 Å². The average Bonchev–Trinajstić information content (AvgIpc) is 2.87. The summed E-state index contributed by atoms with van der Waals surface area (Å²) in [6.45, 7) is 5.33. The maximum Gasteiger partial charge on any atom is 0.506 e. The molecule has 0 saturated heterocycles. The second-order valence-corrected chi connectivity index (χ2v) is 9.06. The molecule has 12 nitrogen and oxygen atoms in total. The molecular formula is C26H38N4O8. The SMILES string of the molecule is CCCC(=O)N(C=O)CCCCCC(=O)NC(C(=O)NCC(=O)Nc1ccc(COC(=O)O)cc1)C(C)C. The summed E-state index contributed by atoms with van der Waals surface area (Å²) in [5, 5.41) is 16.4. The molecule has 0 bridgehead atoms. The van der Waals surface area contributed by atoms with E-state index in [1.165, 1.54) is 0 Å². The molecule has 0 spiro atoms. The Kier molecular flexibility index (Phi) is 14.8. The van der Waals surface area contributed by atoms with Gasteiger partial charge in [0.2, 0.25) is 30.0 Å². The molecule has 1 rings (SSSR count). The molecule has 0 aliphatic carbocycles. The number of anilines is 1. The van der Waals surface area contributed by atoms with Crippen LogP contribution >= 0.6 is 0 Å². The molecule has 0 aliphatic rings. The molecule has 0 aromatic heterocycles. The minimum Gasteiger partial charge on any atom is -0.450 e. The van der Waals surface area contributed by atoms with E-state index in [2.05, 4.69) is 20.7 Å². The lowest BCUT2D eigenvalue weighted by Gasteiger charge is -2.21. The van der Waals surface area contributed by atoms with E-state index in [9.17, 15) is 28.8 Å². The molecule has 12 heteroatoms. The molecule has 0 aliphatic heterocycles. The number of imide groups is 1. The van der Waals surface area contributed by atoms with Crippen LogP contribution in [0.2, 0.25) is 0 Å². The zero-order valence-corrected chi connectivity index (χ0v) is 22.2. The number of carboxylic acid groups (broad SMARTS) is 1. The Hall–Kier alpha value is -3.96. The first-order valence-electron chi connectivity index (χ1n) is 12.6. The summed E-state index contributed by atoms with van der Waals surface area (Å²) in [7, 11) is 0. The minimum absolute atomic E-state index is 0.110. The molecular weight excluding hydrogens is 496 g/mol. The zero-order valence-electron chi connectivity index (χ0n) is 22.2. The van der Waals surface area contributed by atoms with E-state index in [-0.39, 0.29) is 37.3 Å². The fourth-order valence-electron chi connectivity index (χ4n) is 3.43. The number of benzene rings is 1. The Morgan fingerprint density at radius 3 is 2.26 bits per heavy atom. The number of unbranched alkanes of at least 4 members (excludes halogenated alkanes) is 2. The summed E-state index contributed by atoms with van der Waals surface area (Å²) in [6.07, 6.45) is 2.10. The first-order chi connectivity index (χ1) is 18.1. The summed E-state index contributed by atoms with van der Waals surface area (Å²) in [5.41, 5.74) is 1.07. The number of amides is 5. The van der Waals surface area contributed by atoms with Gasteiger partial charge in [0.05, 0.1) is 6.54 Å². The van der Waals surface area contributed by atoms with Gasteiger partial charge < -0.3 is 25.8 Å². The predicted octanol–water partition coefficient (Wildman–Crippen LogP) is 2.42. The Morgan fingerprint density at radius 1 is 1.00 bits per heavy atom. The molecule has 4 N–H and O–H groups in total. The minimum atomic E-state index is -1.38. The van der Waals surface area contributed by atoms with Crippen molar-refractivity contribution in [2.24, 2.45) is 5.92 Å². The molecule has 0 saturated carbocycles. The number of nitrogens with zero attached hydrogens (tertiary/aromatic N) is 1. The van der Waals surface area contributed by atoms with Crippen LogP contribution in [0.5, 0.6) is 0 Å². The third-order valence-corrected chi connectivity index (χ3v) is 5.50. The average molecular weight is 535 g/mol. The maximum absolute atomic E-state index is 12.6. The lowest BCUT2D eigenvalue weighted by atomic mass is 10.0. The molecule has 1 atom stereocenters. The molecule has 210 valence electrons. The first-order valence-corrected chi connectivity index (χ1v) is 12.6. The highest BCUT2D eigenvalue weighted by Crippen LogP contribution is 2.11. The fraction of sp³-hybridized carbons (Fsp3) is 0.538. The van der Waals surface area contributed by atoms with Gasteiger partial charge in [0, 0.05) is 25.1 Å². The molecule has 38 heavy (non-hydrogen) atoms. The summed E-state index contributed by atoms with van der Waals surface area (Å²) < 4.78 is 4.47. The van der Waals surface area contributed by atoms with Crippen LogP contribution in [0.15, 0.2) is 24.3 Å². The molecule has 0 fully saturated rings. The first kappa shape index (κ1) is 32.1. The molecule has 5 amide bonds. The second-order valence-electron chi connectivity index (χ2n) is 9.06. The van der Waals surface area contributed by atoms with Gasteiger partial charge in [-0.1, -0.05) is 39.3 Å². The quantitative estimate of drug-likeness (QED) is 0.134. The maximum atomic E-state index is 12.6. The van der Waals surface area contributed by atoms with E-state index in [4.69, 9.17) is 5.11 Å². The van der Waals surface area contributed by atoms with Gasteiger partial charge in [0.15, 0.2) is 0 Å². The van der Waals surface area contributed by atoms with Crippen molar-refractivity contribution in [3.8, 4) is 0 Å². The van der Waals surface area contributed by atoms with Crippen LogP contribution in [0.4, 0.5) is 10.5 Å². The molecule has 1 unspecified atom stereocenters. The molecule has 0 radical (unpaired) electrons. The van der Waals surface area contributed by atoms with Crippen LogP contribution in [0, 0.1) is 5.92 Å². The standard InChI is InChI=1S/C26H38N4O8/c1-4-8-23(34)30(17-31)14-7-5-6-9-21(32)29-24(18(2)3)25(35)27-15-22(33)28-20-12-10-19(11-13-20)16-38-26(36)37/h10-13,17-18,24H,4-9,14-16H2,1-3H3,(H,27,35)(H,28,33)(H,29,32)(H,36,37). The van der Waals surface area contributed by atoms with Gasteiger partial charge in [0.25, 0.3) is 0 Å². The van der Waals surface area contributed by atoms with Crippen molar-refractivity contribution < 1.29 is 38.6 Å². The number of carbonyl (C=O) groups is 6. The van der Waals surface area contributed by atoms with Crippen LogP contribution in [0.25, 0.3) is 0 Å². The van der Waals surface area contributed by atoms with Crippen LogP contribution in [0.1, 0.15) is 64.9 Å². The van der Waals surface area contributed by atoms with E-state index in [0.29, 0.717) is 56.3 Å². The van der Waals surface area contributed by atoms with Gasteiger partial charge in [-0.3, -0.25) is 28.9 Å². The van der Waals surface area contributed by atoms with E-state index < -0.39 is 24.0 Å². The lowest BCUT2D eigenvalue weighted by molar-refractivity contribution is -0.138. The summed E-state index contributed by atoms with van der Waals surface area (Å²) in [5.74, 6) is -1.68. The van der Waals surface area contributed by atoms with Crippen molar-refractivity contribution in [1.82, 2.24) is 15.5 Å². The van der Waals surface area contributed by atoms with Crippen molar-refractivity contribution in [1.29, 1.82) is 0 Å². The van der Waals surface area contributed by atoms with Crippen LogP contribution in [-0.2, 0) is 35.3 Å². The number of hydrogen-bond donors (Lipinski definition) is 4. The van der Waals surface area contributed by atoms with E-state index >= 15 is 0 Å². The highest BCUT2D eigenvalue weighted by atomic mass is 16.7. The van der Waals surface area contributed by atoms with Gasteiger partial charge in [0.1, 0.15) is 12.6 Å². The Labute approximate surface area is 222 Å². The van der Waals surface area contributed by atoms with E-state index in [1.807, 2.05) is 6.92 Å². The normalized spacial score (nSPS) is 11.3.